The van der Waals surface area contributed by atoms with E-state index in [9.17, 15) is 14.4 Å². The molecule has 1 unspecified atom stereocenters. The zero-order valence-corrected chi connectivity index (χ0v) is 18.7. The third-order valence-corrected chi connectivity index (χ3v) is 4.45. The highest BCUT2D eigenvalue weighted by Gasteiger charge is 2.20. The summed E-state index contributed by atoms with van der Waals surface area (Å²) in [6.07, 6.45) is 6.93. The number of pyridine rings is 1. The monoisotopic (exact) mass is 441 g/mol. The average molecular weight is 442 g/mol. The number of rotatable bonds is 9. The summed E-state index contributed by atoms with van der Waals surface area (Å²) in [5.41, 5.74) is 10.3. The minimum atomic E-state index is -1.26. The number of aromatic nitrogens is 1. The summed E-state index contributed by atoms with van der Waals surface area (Å²) in [7, 11) is 0. The average Bonchev–Trinajstić information content (AvgIpc) is 2.71. The molecule has 0 fully saturated rings. The van der Waals surface area contributed by atoms with Crippen LogP contribution >= 0.6 is 0 Å². The second-order valence-electron chi connectivity index (χ2n) is 7.44. The van der Waals surface area contributed by atoms with Crippen LogP contribution in [0.1, 0.15) is 36.5 Å². The number of aliphatic carboxylic acids is 2. The number of carboxylic acid groups (broad SMARTS) is 2. The highest BCUT2D eigenvalue weighted by molar-refractivity contribution is 5.95. The van der Waals surface area contributed by atoms with Crippen LogP contribution in [0.25, 0.3) is 0 Å². The molecule has 0 aliphatic heterocycles. The van der Waals surface area contributed by atoms with E-state index in [1.54, 1.807) is 6.20 Å². The van der Waals surface area contributed by atoms with Crippen LogP contribution in [-0.2, 0) is 20.8 Å². The van der Waals surface area contributed by atoms with E-state index in [0.29, 0.717) is 25.1 Å². The Morgan fingerprint density at radius 2 is 1.66 bits per heavy atom. The van der Waals surface area contributed by atoms with Gasteiger partial charge in [-0.15, -0.1) is 0 Å². The normalized spacial score (nSPS) is 11.4. The summed E-state index contributed by atoms with van der Waals surface area (Å²) in [4.78, 5) is 37.9. The topological polar surface area (TPSA) is 134 Å². The van der Waals surface area contributed by atoms with Crippen LogP contribution in [0, 0.1) is 13.8 Å². The number of benzene rings is 1. The zero-order valence-electron chi connectivity index (χ0n) is 18.7. The number of amides is 1. The fourth-order valence-corrected chi connectivity index (χ4v) is 3.11. The van der Waals surface area contributed by atoms with E-state index < -0.39 is 11.9 Å². The third kappa shape index (κ3) is 9.99. The number of nitrogens with zero attached hydrogens (tertiary/aromatic N) is 2. The van der Waals surface area contributed by atoms with Gasteiger partial charge in [0.05, 0.1) is 0 Å². The van der Waals surface area contributed by atoms with Gasteiger partial charge >= 0.3 is 11.9 Å². The largest absolute Gasteiger partial charge is 0.478 e. The molecule has 1 aromatic heterocycles. The van der Waals surface area contributed by atoms with Gasteiger partial charge in [0, 0.05) is 49.2 Å². The van der Waals surface area contributed by atoms with Crippen LogP contribution in [0.4, 0.5) is 5.69 Å². The van der Waals surface area contributed by atoms with E-state index in [0.717, 1.165) is 29.7 Å². The van der Waals surface area contributed by atoms with Crippen LogP contribution < -0.4 is 10.6 Å². The minimum absolute atomic E-state index is 0.0913. The van der Waals surface area contributed by atoms with Crippen LogP contribution in [-0.4, -0.2) is 45.6 Å². The lowest BCUT2D eigenvalue weighted by Crippen LogP contribution is -2.36. The summed E-state index contributed by atoms with van der Waals surface area (Å²) in [5.74, 6) is -2.42. The van der Waals surface area contributed by atoms with Crippen molar-refractivity contribution in [2.24, 2.45) is 5.73 Å². The van der Waals surface area contributed by atoms with Gasteiger partial charge in [-0.2, -0.15) is 0 Å². The second-order valence-corrected chi connectivity index (χ2v) is 7.44. The SMILES string of the molecule is Cc1cccc(C)c1N(CCCc1cccnc1)C(=O)CC(C)N.O=C(O)/C=C/C(=O)O. The molecule has 1 heterocycles. The Labute approximate surface area is 188 Å². The number of aryl methyl sites for hydroxylation is 3. The van der Waals surface area contributed by atoms with Crippen molar-refractivity contribution in [3.8, 4) is 0 Å². The molecule has 32 heavy (non-hydrogen) atoms. The van der Waals surface area contributed by atoms with Crippen molar-refractivity contribution in [3.63, 3.8) is 0 Å². The number of carbonyl (C=O) groups excluding carboxylic acids is 1. The number of anilines is 1. The van der Waals surface area contributed by atoms with Crippen LogP contribution in [0.3, 0.4) is 0 Å². The standard InChI is InChI=1S/C20H27N3O.C4H4O4/c1-15-7-4-8-16(2)20(15)23(19(24)13-17(3)21)12-6-10-18-9-5-11-22-14-18;5-3(6)1-2-4(7)8/h4-5,7-9,11,14,17H,6,10,12-13,21H2,1-3H3;1-2H,(H,5,6)(H,7,8)/b;2-1+. The van der Waals surface area contributed by atoms with Crippen molar-refractivity contribution >= 4 is 23.5 Å². The molecule has 0 saturated heterocycles. The summed E-state index contributed by atoms with van der Waals surface area (Å²) in [6.45, 7) is 6.66. The lowest BCUT2D eigenvalue weighted by atomic mass is 10.1. The molecule has 0 aliphatic carbocycles. The molecule has 1 atom stereocenters. The molecule has 172 valence electrons. The maximum atomic E-state index is 12.7. The summed E-state index contributed by atoms with van der Waals surface area (Å²) in [6, 6.07) is 10.0. The Balaban J connectivity index is 0.000000547. The second kappa shape index (κ2) is 13.7. The fraction of sp³-hybridized carbons (Fsp3) is 0.333. The van der Waals surface area contributed by atoms with Crippen LogP contribution in [0.15, 0.2) is 54.9 Å². The number of hydrogen-bond donors (Lipinski definition) is 3. The maximum absolute atomic E-state index is 12.7. The van der Waals surface area contributed by atoms with Crippen molar-refractivity contribution in [2.45, 2.75) is 46.1 Å². The van der Waals surface area contributed by atoms with Crippen molar-refractivity contribution in [1.29, 1.82) is 0 Å². The molecule has 1 amide bonds. The van der Waals surface area contributed by atoms with E-state index in [4.69, 9.17) is 15.9 Å². The smallest absolute Gasteiger partial charge is 0.328 e. The number of para-hydroxylation sites is 1. The first kappa shape index (κ1) is 26.5. The highest BCUT2D eigenvalue weighted by Crippen LogP contribution is 2.26. The molecule has 0 radical (unpaired) electrons. The number of carboxylic acids is 2. The molecule has 2 rings (SSSR count). The predicted molar refractivity (Wildman–Crippen MR) is 124 cm³/mol. The van der Waals surface area contributed by atoms with Gasteiger partial charge in [0.15, 0.2) is 0 Å². The Hall–Kier alpha value is -3.52. The first-order valence-electron chi connectivity index (χ1n) is 10.3. The lowest BCUT2D eigenvalue weighted by Gasteiger charge is -2.27. The predicted octanol–water partition coefficient (Wildman–Crippen LogP) is 3.11. The van der Waals surface area contributed by atoms with Crippen molar-refractivity contribution in [1.82, 2.24) is 4.98 Å². The number of nitrogens with two attached hydrogens (primary N) is 1. The first-order valence-corrected chi connectivity index (χ1v) is 10.3. The molecule has 2 aromatic rings. The molecule has 0 saturated carbocycles. The number of hydrogen-bond acceptors (Lipinski definition) is 5. The molecular formula is C24H31N3O5. The minimum Gasteiger partial charge on any atom is -0.478 e. The lowest BCUT2D eigenvalue weighted by molar-refractivity contribution is -0.134. The Bertz CT molecular complexity index is 890. The van der Waals surface area contributed by atoms with Gasteiger partial charge < -0.3 is 20.8 Å². The molecule has 0 bridgehead atoms. The summed E-state index contributed by atoms with van der Waals surface area (Å²) in [5, 5.41) is 15.6. The van der Waals surface area contributed by atoms with Crippen molar-refractivity contribution in [3.05, 3.63) is 71.6 Å². The quantitative estimate of drug-likeness (QED) is 0.509. The van der Waals surface area contributed by atoms with Crippen molar-refractivity contribution in [2.75, 3.05) is 11.4 Å². The van der Waals surface area contributed by atoms with Crippen molar-refractivity contribution < 1.29 is 24.6 Å². The van der Waals surface area contributed by atoms with Gasteiger partial charge in [-0.1, -0.05) is 24.3 Å². The molecular weight excluding hydrogens is 410 g/mol. The van der Waals surface area contributed by atoms with Gasteiger partial charge in [0.1, 0.15) is 0 Å². The molecule has 4 N–H and O–H groups in total. The maximum Gasteiger partial charge on any atom is 0.328 e. The third-order valence-electron chi connectivity index (χ3n) is 4.45. The van der Waals surface area contributed by atoms with Crippen LogP contribution in [0.5, 0.6) is 0 Å². The Morgan fingerprint density at radius 1 is 1.06 bits per heavy atom. The van der Waals surface area contributed by atoms with Crippen LogP contribution in [0.2, 0.25) is 0 Å². The summed E-state index contributed by atoms with van der Waals surface area (Å²) >= 11 is 0. The highest BCUT2D eigenvalue weighted by atomic mass is 16.4. The Morgan fingerprint density at radius 3 is 2.12 bits per heavy atom. The van der Waals surface area contributed by atoms with E-state index in [-0.39, 0.29) is 11.9 Å². The number of carbonyl (C=O) groups is 3. The van der Waals surface area contributed by atoms with E-state index in [1.807, 2.05) is 30.2 Å². The molecule has 8 nitrogen and oxygen atoms in total. The fourth-order valence-electron chi connectivity index (χ4n) is 3.11. The molecule has 0 spiro atoms. The first-order chi connectivity index (χ1) is 15.1. The van der Waals surface area contributed by atoms with E-state index in [2.05, 4.69) is 37.0 Å². The summed E-state index contributed by atoms with van der Waals surface area (Å²) < 4.78 is 0. The molecule has 1 aromatic carbocycles. The molecule has 8 heteroatoms. The zero-order chi connectivity index (χ0) is 24.1. The Kier molecular flexibility index (Phi) is 11.4. The van der Waals surface area contributed by atoms with Gasteiger partial charge in [-0.3, -0.25) is 9.78 Å². The molecule has 0 aliphatic rings. The van der Waals surface area contributed by atoms with E-state index in [1.165, 1.54) is 5.56 Å². The van der Waals surface area contributed by atoms with Gasteiger partial charge in [0.25, 0.3) is 0 Å². The van der Waals surface area contributed by atoms with Gasteiger partial charge in [-0.05, 0) is 56.4 Å². The van der Waals surface area contributed by atoms with Gasteiger partial charge in [0.2, 0.25) is 5.91 Å². The van der Waals surface area contributed by atoms with Gasteiger partial charge in [-0.25, -0.2) is 9.59 Å². The van der Waals surface area contributed by atoms with E-state index >= 15 is 0 Å².